The molecule has 0 heterocycles. The number of nitrogens with one attached hydrogen (secondary N) is 1. The molecule has 0 aromatic heterocycles. The Labute approximate surface area is 130 Å². The van der Waals surface area contributed by atoms with Gasteiger partial charge in [0.1, 0.15) is 5.60 Å². The van der Waals surface area contributed by atoms with Crippen molar-refractivity contribution < 1.29 is 19.1 Å². The molecule has 1 aromatic carbocycles. The highest BCUT2D eigenvalue weighted by Gasteiger charge is 2.32. The van der Waals surface area contributed by atoms with E-state index in [0.29, 0.717) is 5.56 Å². The number of hydrogen-bond acceptors (Lipinski definition) is 5. The van der Waals surface area contributed by atoms with Gasteiger partial charge in [-0.05, 0) is 33.1 Å². The Morgan fingerprint density at radius 1 is 1.23 bits per heavy atom. The number of carbonyl (C=O) groups excluding carboxylic acids is 2. The van der Waals surface area contributed by atoms with Crippen LogP contribution in [0.2, 0.25) is 0 Å². The Hall–Kier alpha value is -2.37. The highest BCUT2D eigenvalue weighted by atomic mass is 16.6. The van der Waals surface area contributed by atoms with Crippen molar-refractivity contribution in [1.29, 1.82) is 0 Å². The zero-order valence-electron chi connectivity index (χ0n) is 13.3. The largest absolute Gasteiger partial charge is 0.467 e. The van der Waals surface area contributed by atoms with Crippen LogP contribution in [0.25, 0.3) is 0 Å². The Morgan fingerprint density at radius 3 is 2.27 bits per heavy atom. The lowest BCUT2D eigenvalue weighted by Gasteiger charge is -2.26. The second kappa shape index (κ2) is 7.59. The first-order valence-electron chi connectivity index (χ1n) is 6.86. The SMILES string of the molecule is C=NC(C(=O)OC)C(NC(=O)OC(C)(C)C)c1ccccc1. The van der Waals surface area contributed by atoms with E-state index in [4.69, 9.17) is 9.47 Å². The predicted octanol–water partition coefficient (Wildman–Crippen LogP) is 2.49. The number of carbonyl (C=O) groups is 2. The topological polar surface area (TPSA) is 77.0 Å². The first kappa shape index (κ1) is 17.7. The van der Waals surface area contributed by atoms with Crippen molar-refractivity contribution in [2.45, 2.75) is 38.5 Å². The average molecular weight is 306 g/mol. The molecule has 6 heteroatoms. The molecular weight excluding hydrogens is 284 g/mol. The molecule has 1 rings (SSSR count). The first-order valence-corrected chi connectivity index (χ1v) is 6.86. The van der Waals surface area contributed by atoms with Crippen LogP contribution in [-0.4, -0.2) is 37.5 Å². The van der Waals surface area contributed by atoms with Crippen LogP contribution in [0.3, 0.4) is 0 Å². The molecule has 0 radical (unpaired) electrons. The number of rotatable bonds is 5. The van der Waals surface area contributed by atoms with Crippen LogP contribution in [0.1, 0.15) is 32.4 Å². The normalized spacial score (nSPS) is 13.6. The fraction of sp³-hybridized carbons (Fsp3) is 0.438. The minimum Gasteiger partial charge on any atom is -0.467 e. The summed E-state index contributed by atoms with van der Waals surface area (Å²) in [5.74, 6) is -0.583. The van der Waals surface area contributed by atoms with Gasteiger partial charge in [-0.25, -0.2) is 9.59 Å². The number of alkyl carbamates (subject to hydrolysis) is 1. The fourth-order valence-electron chi connectivity index (χ4n) is 1.88. The molecule has 1 N–H and O–H groups in total. The maximum Gasteiger partial charge on any atom is 0.408 e. The molecule has 120 valence electrons. The standard InChI is InChI=1S/C16H22N2O4/c1-16(2,3)22-15(20)18-12(11-9-7-6-8-10-11)13(17-4)14(19)21-5/h6-10,12-13H,4H2,1-3,5H3,(H,18,20). The number of amides is 1. The van der Waals surface area contributed by atoms with E-state index in [2.05, 4.69) is 17.0 Å². The van der Waals surface area contributed by atoms with Crippen LogP contribution in [0.5, 0.6) is 0 Å². The minimum atomic E-state index is -0.958. The van der Waals surface area contributed by atoms with Crippen molar-refractivity contribution in [1.82, 2.24) is 5.32 Å². The number of ether oxygens (including phenoxy) is 2. The third kappa shape index (κ3) is 5.20. The van der Waals surface area contributed by atoms with Gasteiger partial charge in [0.05, 0.1) is 13.2 Å². The van der Waals surface area contributed by atoms with Crippen molar-refractivity contribution >= 4 is 18.8 Å². The summed E-state index contributed by atoms with van der Waals surface area (Å²) in [7, 11) is 1.26. The van der Waals surface area contributed by atoms with Gasteiger partial charge in [0.25, 0.3) is 0 Å². The molecule has 0 fully saturated rings. The lowest BCUT2D eigenvalue weighted by molar-refractivity contribution is -0.142. The fourth-order valence-corrected chi connectivity index (χ4v) is 1.88. The van der Waals surface area contributed by atoms with Crippen LogP contribution < -0.4 is 5.32 Å². The van der Waals surface area contributed by atoms with Gasteiger partial charge in [-0.1, -0.05) is 30.3 Å². The summed E-state index contributed by atoms with van der Waals surface area (Å²) < 4.78 is 9.96. The van der Waals surface area contributed by atoms with Crippen LogP contribution in [-0.2, 0) is 14.3 Å². The second-order valence-corrected chi connectivity index (χ2v) is 5.69. The van der Waals surface area contributed by atoms with Crippen LogP contribution >= 0.6 is 0 Å². The maximum absolute atomic E-state index is 12.0. The van der Waals surface area contributed by atoms with E-state index < -0.39 is 29.7 Å². The summed E-state index contributed by atoms with van der Waals surface area (Å²) in [4.78, 5) is 27.7. The lowest BCUT2D eigenvalue weighted by atomic mass is 10.00. The first-order chi connectivity index (χ1) is 10.3. The molecule has 2 unspecified atom stereocenters. The number of methoxy groups -OCH3 is 1. The second-order valence-electron chi connectivity index (χ2n) is 5.69. The van der Waals surface area contributed by atoms with Gasteiger partial charge < -0.3 is 14.8 Å². The number of nitrogens with zero attached hydrogens (tertiary/aromatic N) is 1. The number of esters is 1. The Balaban J connectivity index is 3.04. The van der Waals surface area contributed by atoms with E-state index in [9.17, 15) is 9.59 Å². The van der Waals surface area contributed by atoms with Gasteiger partial charge in [-0.15, -0.1) is 0 Å². The lowest BCUT2D eigenvalue weighted by Crippen LogP contribution is -2.42. The number of hydrogen-bond donors (Lipinski definition) is 1. The van der Waals surface area contributed by atoms with E-state index in [0.717, 1.165) is 0 Å². The van der Waals surface area contributed by atoms with E-state index in [1.54, 1.807) is 45.0 Å². The molecule has 0 saturated heterocycles. The molecule has 0 saturated carbocycles. The van der Waals surface area contributed by atoms with Crippen molar-refractivity contribution in [3.8, 4) is 0 Å². The third-order valence-electron chi connectivity index (χ3n) is 2.79. The molecule has 0 aliphatic rings. The molecule has 1 amide bonds. The molecule has 0 spiro atoms. The molecule has 0 bridgehead atoms. The Kier molecular flexibility index (Phi) is 6.10. The number of aliphatic imine (C=N–C) groups is 1. The van der Waals surface area contributed by atoms with E-state index in [1.165, 1.54) is 7.11 Å². The maximum atomic E-state index is 12.0. The van der Waals surface area contributed by atoms with Crippen molar-refractivity contribution in [3.63, 3.8) is 0 Å². The Morgan fingerprint density at radius 2 is 1.82 bits per heavy atom. The zero-order chi connectivity index (χ0) is 16.8. The van der Waals surface area contributed by atoms with Crippen molar-refractivity contribution in [2.24, 2.45) is 4.99 Å². The van der Waals surface area contributed by atoms with Gasteiger partial charge in [0.15, 0.2) is 6.04 Å². The van der Waals surface area contributed by atoms with E-state index in [-0.39, 0.29) is 0 Å². The highest BCUT2D eigenvalue weighted by molar-refractivity contribution is 5.79. The van der Waals surface area contributed by atoms with Crippen LogP contribution in [0.4, 0.5) is 4.79 Å². The summed E-state index contributed by atoms with van der Waals surface area (Å²) in [5, 5.41) is 2.66. The van der Waals surface area contributed by atoms with Crippen LogP contribution in [0, 0.1) is 0 Å². The monoisotopic (exact) mass is 306 g/mol. The van der Waals surface area contributed by atoms with Crippen molar-refractivity contribution in [2.75, 3.05) is 7.11 Å². The van der Waals surface area contributed by atoms with E-state index in [1.807, 2.05) is 6.07 Å². The summed E-state index contributed by atoms with van der Waals surface area (Å²) in [6, 6.07) is 7.32. The average Bonchev–Trinajstić information content (AvgIpc) is 2.45. The van der Waals surface area contributed by atoms with Crippen LogP contribution in [0.15, 0.2) is 35.3 Å². The zero-order valence-corrected chi connectivity index (χ0v) is 13.3. The molecule has 0 aliphatic heterocycles. The summed E-state index contributed by atoms with van der Waals surface area (Å²) >= 11 is 0. The van der Waals surface area contributed by atoms with Gasteiger partial charge >= 0.3 is 12.1 Å². The number of benzene rings is 1. The highest BCUT2D eigenvalue weighted by Crippen LogP contribution is 2.21. The summed E-state index contributed by atoms with van der Waals surface area (Å²) in [5.41, 5.74) is 0.0596. The smallest absolute Gasteiger partial charge is 0.408 e. The van der Waals surface area contributed by atoms with Gasteiger partial charge in [-0.2, -0.15) is 0 Å². The summed E-state index contributed by atoms with van der Waals surface area (Å²) in [6.45, 7) is 8.69. The van der Waals surface area contributed by atoms with Crippen molar-refractivity contribution in [3.05, 3.63) is 35.9 Å². The molecule has 0 aliphatic carbocycles. The molecular formula is C16H22N2O4. The Bertz CT molecular complexity index is 523. The minimum absolute atomic E-state index is 0.583. The quantitative estimate of drug-likeness (QED) is 0.670. The third-order valence-corrected chi connectivity index (χ3v) is 2.79. The van der Waals surface area contributed by atoms with Gasteiger partial charge in [0.2, 0.25) is 0 Å². The van der Waals surface area contributed by atoms with Gasteiger partial charge in [-0.3, -0.25) is 4.99 Å². The van der Waals surface area contributed by atoms with Gasteiger partial charge in [0, 0.05) is 0 Å². The van der Waals surface area contributed by atoms with E-state index >= 15 is 0 Å². The predicted molar refractivity (Wildman–Crippen MR) is 83.9 cm³/mol. The summed E-state index contributed by atoms with van der Waals surface area (Å²) in [6.07, 6.45) is -0.640. The molecule has 2 atom stereocenters. The molecule has 6 nitrogen and oxygen atoms in total. The molecule has 22 heavy (non-hydrogen) atoms. The molecule has 1 aromatic rings.